The van der Waals surface area contributed by atoms with Crippen LogP contribution in [-0.4, -0.2) is 132 Å². The molecule has 0 aliphatic carbocycles. The molecular formula is C34H41F2N8O4+. The summed E-state index contributed by atoms with van der Waals surface area (Å²) < 4.78 is 38.1. The number of imidazole rings is 1. The number of alkyl halides is 2. The number of ether oxygens (including phenoxy) is 2. The summed E-state index contributed by atoms with van der Waals surface area (Å²) in [6, 6.07) is 11.9. The van der Waals surface area contributed by atoms with Crippen LogP contribution in [0.4, 0.5) is 25.1 Å². The van der Waals surface area contributed by atoms with E-state index in [2.05, 4.69) is 41.2 Å². The predicted molar refractivity (Wildman–Crippen MR) is 177 cm³/mol. The number of hydrogen-bond acceptors (Lipinski definition) is 7. The van der Waals surface area contributed by atoms with E-state index in [0.717, 1.165) is 33.5 Å². The fourth-order valence-electron chi connectivity index (χ4n) is 6.23. The minimum absolute atomic E-state index is 0.00834. The molecule has 2 aromatic carbocycles. The van der Waals surface area contributed by atoms with Crippen LogP contribution in [0.2, 0.25) is 0 Å². The summed E-state index contributed by atoms with van der Waals surface area (Å²) in [6.45, 7) is 3.42. The number of benzene rings is 2. The number of piperazine rings is 1. The number of halogens is 2. The van der Waals surface area contributed by atoms with Crippen LogP contribution < -0.4 is 10.1 Å². The molecule has 0 bridgehead atoms. The van der Waals surface area contributed by atoms with E-state index in [1.165, 1.54) is 12.1 Å². The number of nitrogens with one attached hydrogen (secondary N) is 1. The van der Waals surface area contributed by atoms with Gasteiger partial charge in [0.05, 0.1) is 46.2 Å². The van der Waals surface area contributed by atoms with Gasteiger partial charge in [-0.15, -0.1) is 0 Å². The first-order valence-electron chi connectivity index (χ1n) is 16.0. The summed E-state index contributed by atoms with van der Waals surface area (Å²) in [5, 5.41) is 3.31. The Kier molecular flexibility index (Phi) is 9.47. The number of morpholine rings is 1. The Morgan fingerprint density at radius 3 is 2.42 bits per heavy atom. The maximum Gasteiger partial charge on any atom is 0.387 e. The van der Waals surface area contributed by atoms with Gasteiger partial charge >= 0.3 is 12.6 Å². The van der Waals surface area contributed by atoms with E-state index < -0.39 is 6.61 Å². The van der Waals surface area contributed by atoms with Gasteiger partial charge in [0.1, 0.15) is 18.4 Å². The Morgan fingerprint density at radius 1 is 1.00 bits per heavy atom. The first kappa shape index (κ1) is 33.1. The number of aromatic nitrogens is 3. The molecule has 1 atom stereocenters. The molecule has 48 heavy (non-hydrogen) atoms. The lowest BCUT2D eigenvalue weighted by Gasteiger charge is -2.41. The summed E-state index contributed by atoms with van der Waals surface area (Å²) in [6.07, 6.45) is 5.12. The third-order valence-electron chi connectivity index (χ3n) is 8.52. The largest absolute Gasteiger partial charge is 0.435 e. The first-order valence-corrected chi connectivity index (χ1v) is 16.0. The molecule has 2 fully saturated rings. The average Bonchev–Trinajstić information content (AvgIpc) is 3.49. The standard InChI is InChI=1S/C34H40F2N8O4/c1-23-19-25(39-30-31-38-20-29(43(31)12-11-37-30)24-5-8-26(9-6-24)48-33(35)36)7-10-28(23)32(45)40-13-15-41(16-14-40)34(46)42-17-18-47-27(21-42)22-44(2,3)4/h5-12,19-20,27,33H,13-18,21-22H2,1-4H3/p+1. The number of nitrogens with zero attached hydrogens (tertiary/aromatic N) is 7. The number of rotatable bonds is 8. The van der Waals surface area contributed by atoms with Crippen LogP contribution in [0.25, 0.3) is 16.9 Å². The maximum atomic E-state index is 13.5. The van der Waals surface area contributed by atoms with Crippen molar-refractivity contribution in [2.75, 3.05) is 78.9 Å². The second-order valence-electron chi connectivity index (χ2n) is 13.1. The lowest BCUT2D eigenvalue weighted by molar-refractivity contribution is -0.873. The summed E-state index contributed by atoms with van der Waals surface area (Å²) in [5.74, 6) is 0.530. The number of quaternary nitrogens is 1. The van der Waals surface area contributed by atoms with Gasteiger partial charge in [-0.1, -0.05) is 0 Å². The third-order valence-corrected chi connectivity index (χ3v) is 8.52. The molecular weight excluding hydrogens is 622 g/mol. The highest BCUT2D eigenvalue weighted by atomic mass is 19.3. The molecule has 4 heterocycles. The summed E-state index contributed by atoms with van der Waals surface area (Å²) >= 11 is 0. The van der Waals surface area contributed by atoms with Crippen molar-refractivity contribution in [2.24, 2.45) is 0 Å². The van der Waals surface area contributed by atoms with Gasteiger partial charge in [-0.3, -0.25) is 9.20 Å². The Morgan fingerprint density at radius 2 is 1.73 bits per heavy atom. The van der Waals surface area contributed by atoms with Gasteiger partial charge in [0, 0.05) is 61.9 Å². The van der Waals surface area contributed by atoms with Crippen molar-refractivity contribution in [3.8, 4) is 17.0 Å². The normalized spacial score (nSPS) is 17.2. The fraction of sp³-hybridized carbons (Fsp3) is 0.412. The van der Waals surface area contributed by atoms with Crippen molar-refractivity contribution in [2.45, 2.75) is 19.6 Å². The minimum Gasteiger partial charge on any atom is -0.435 e. The third kappa shape index (κ3) is 7.50. The summed E-state index contributed by atoms with van der Waals surface area (Å²) in [7, 11) is 6.35. The zero-order valence-corrected chi connectivity index (χ0v) is 27.6. The van der Waals surface area contributed by atoms with Crippen molar-refractivity contribution >= 4 is 29.1 Å². The van der Waals surface area contributed by atoms with E-state index in [-0.39, 0.29) is 23.8 Å². The van der Waals surface area contributed by atoms with Gasteiger partial charge in [0.2, 0.25) is 0 Å². The molecule has 12 nitrogen and oxygen atoms in total. The zero-order chi connectivity index (χ0) is 34.0. The Hall–Kier alpha value is -4.82. The Balaban J connectivity index is 1.07. The smallest absolute Gasteiger partial charge is 0.387 e. The number of aryl methyl sites for hydroxylation is 1. The molecule has 4 aromatic rings. The molecule has 6 rings (SSSR count). The molecule has 0 saturated carbocycles. The second kappa shape index (κ2) is 13.7. The van der Waals surface area contributed by atoms with Crippen LogP contribution in [0.1, 0.15) is 15.9 Å². The molecule has 2 aliphatic heterocycles. The number of hydrogen-bond donors (Lipinski definition) is 1. The molecule has 2 saturated heterocycles. The number of fused-ring (bicyclic) bond motifs is 1. The average molecular weight is 664 g/mol. The van der Waals surface area contributed by atoms with E-state index >= 15 is 0 Å². The number of anilines is 2. The monoisotopic (exact) mass is 663 g/mol. The van der Waals surface area contributed by atoms with Gasteiger partial charge in [0.15, 0.2) is 11.5 Å². The second-order valence-corrected chi connectivity index (χ2v) is 13.1. The summed E-state index contributed by atoms with van der Waals surface area (Å²) in [5.41, 5.74) is 4.26. The molecule has 2 aromatic heterocycles. The van der Waals surface area contributed by atoms with E-state index in [0.29, 0.717) is 62.9 Å². The maximum absolute atomic E-state index is 13.5. The lowest BCUT2D eigenvalue weighted by Crippen LogP contribution is -2.58. The van der Waals surface area contributed by atoms with E-state index in [4.69, 9.17) is 4.74 Å². The molecule has 3 amide bonds. The van der Waals surface area contributed by atoms with E-state index in [9.17, 15) is 18.4 Å². The van der Waals surface area contributed by atoms with Gasteiger partial charge in [-0.25, -0.2) is 14.8 Å². The minimum atomic E-state index is -2.89. The predicted octanol–water partition coefficient (Wildman–Crippen LogP) is 4.33. The number of carbonyl (C=O) groups excluding carboxylic acids is 2. The highest BCUT2D eigenvalue weighted by Crippen LogP contribution is 2.28. The quantitative estimate of drug-likeness (QED) is 0.280. The highest BCUT2D eigenvalue weighted by Gasteiger charge is 2.33. The van der Waals surface area contributed by atoms with Crippen molar-refractivity contribution in [3.05, 3.63) is 72.2 Å². The molecule has 0 radical (unpaired) electrons. The first-order chi connectivity index (χ1) is 22.9. The molecule has 0 spiro atoms. The highest BCUT2D eigenvalue weighted by molar-refractivity contribution is 5.96. The molecule has 1 unspecified atom stereocenters. The van der Waals surface area contributed by atoms with Crippen LogP contribution in [0, 0.1) is 6.92 Å². The topological polar surface area (TPSA) is 105 Å². The van der Waals surface area contributed by atoms with E-state index in [1.807, 2.05) is 33.3 Å². The van der Waals surface area contributed by atoms with Crippen LogP contribution in [0.15, 0.2) is 61.1 Å². The zero-order valence-electron chi connectivity index (χ0n) is 27.6. The van der Waals surface area contributed by atoms with Gasteiger partial charge in [-0.05, 0) is 55.0 Å². The molecule has 254 valence electrons. The van der Waals surface area contributed by atoms with Crippen LogP contribution in [0.5, 0.6) is 5.75 Å². The molecule has 1 N–H and O–H groups in total. The van der Waals surface area contributed by atoms with Crippen LogP contribution in [0.3, 0.4) is 0 Å². The van der Waals surface area contributed by atoms with Gasteiger partial charge in [-0.2, -0.15) is 8.78 Å². The van der Waals surface area contributed by atoms with Crippen molar-refractivity contribution in [3.63, 3.8) is 0 Å². The fourth-order valence-corrected chi connectivity index (χ4v) is 6.23. The van der Waals surface area contributed by atoms with Crippen molar-refractivity contribution in [1.82, 2.24) is 29.1 Å². The number of carbonyl (C=O) groups is 2. The number of urea groups is 1. The van der Waals surface area contributed by atoms with Gasteiger partial charge < -0.3 is 34.0 Å². The SMILES string of the molecule is Cc1cc(Nc2nccn3c(-c4ccc(OC(F)F)cc4)cnc23)ccc1C(=O)N1CCN(C(=O)N2CCOC(C[N+](C)(C)C)C2)CC1. The Labute approximate surface area is 278 Å². The Bertz CT molecular complexity index is 1770. The molecule has 14 heteroatoms. The lowest BCUT2D eigenvalue weighted by atomic mass is 10.1. The van der Waals surface area contributed by atoms with E-state index in [1.54, 1.807) is 41.7 Å². The molecule has 2 aliphatic rings. The summed E-state index contributed by atoms with van der Waals surface area (Å²) in [4.78, 5) is 41.4. The van der Waals surface area contributed by atoms with Crippen molar-refractivity contribution < 1.29 is 32.3 Å². The number of amides is 3. The van der Waals surface area contributed by atoms with Crippen LogP contribution in [-0.2, 0) is 4.74 Å². The van der Waals surface area contributed by atoms with Crippen LogP contribution >= 0.6 is 0 Å². The number of likely N-dealkylation sites (N-methyl/N-ethyl adjacent to an activating group) is 1. The van der Waals surface area contributed by atoms with Gasteiger partial charge in [0.25, 0.3) is 5.91 Å². The van der Waals surface area contributed by atoms with Crippen molar-refractivity contribution in [1.29, 1.82) is 0 Å².